The summed E-state index contributed by atoms with van der Waals surface area (Å²) in [5, 5.41) is 2.92. The van der Waals surface area contributed by atoms with Gasteiger partial charge in [0.25, 0.3) is 0 Å². The van der Waals surface area contributed by atoms with Gasteiger partial charge in [-0.1, -0.05) is 19.1 Å². The zero-order valence-electron chi connectivity index (χ0n) is 13.8. The van der Waals surface area contributed by atoms with Crippen LogP contribution in [0.1, 0.15) is 30.8 Å². The van der Waals surface area contributed by atoms with Crippen LogP contribution >= 0.6 is 0 Å². The van der Waals surface area contributed by atoms with E-state index in [1.807, 2.05) is 24.9 Å². The van der Waals surface area contributed by atoms with E-state index in [2.05, 4.69) is 17.2 Å². The predicted octanol–water partition coefficient (Wildman–Crippen LogP) is 2.35. The van der Waals surface area contributed by atoms with Gasteiger partial charge < -0.3 is 9.88 Å². The minimum Gasteiger partial charge on any atom is -0.347 e. The molecule has 0 aliphatic rings. The van der Waals surface area contributed by atoms with Crippen molar-refractivity contribution in [3.63, 3.8) is 0 Å². The molecule has 23 heavy (non-hydrogen) atoms. The van der Waals surface area contributed by atoms with E-state index in [4.69, 9.17) is 0 Å². The molecule has 1 aromatic carbocycles. The molecular weight excluding hydrogens is 295 g/mol. The summed E-state index contributed by atoms with van der Waals surface area (Å²) in [5.41, 5.74) is 0.755. The van der Waals surface area contributed by atoms with Crippen molar-refractivity contribution in [3.05, 3.63) is 53.9 Å². The summed E-state index contributed by atoms with van der Waals surface area (Å²) >= 11 is 0. The fraction of sp³-hybridized carbons (Fsp3) is 0.412. The molecule has 1 aromatic heterocycles. The summed E-state index contributed by atoms with van der Waals surface area (Å²) in [7, 11) is 3.65. The number of amides is 1. The highest BCUT2D eigenvalue weighted by Crippen LogP contribution is 2.19. The Morgan fingerprint density at radius 2 is 2.04 bits per heavy atom. The van der Waals surface area contributed by atoms with Crippen molar-refractivity contribution >= 4 is 5.91 Å². The highest BCUT2D eigenvalue weighted by molar-refractivity contribution is 5.83. The fourth-order valence-corrected chi connectivity index (χ4v) is 2.54. The summed E-state index contributed by atoms with van der Waals surface area (Å²) in [4.78, 5) is 18.6. The van der Waals surface area contributed by atoms with Gasteiger partial charge in [0.2, 0.25) is 5.91 Å². The zero-order valence-corrected chi connectivity index (χ0v) is 13.8. The summed E-state index contributed by atoms with van der Waals surface area (Å²) in [6.07, 6.45) is 4.65. The van der Waals surface area contributed by atoms with E-state index in [-0.39, 0.29) is 11.7 Å². The average Bonchev–Trinajstić information content (AvgIpc) is 2.95. The van der Waals surface area contributed by atoms with Crippen LogP contribution in [0.15, 0.2) is 36.7 Å². The number of likely N-dealkylation sites (N-methyl/N-ethyl adjacent to an activating group) is 1. The van der Waals surface area contributed by atoms with Crippen molar-refractivity contribution in [3.8, 4) is 0 Å². The average molecular weight is 318 g/mol. The summed E-state index contributed by atoms with van der Waals surface area (Å²) < 4.78 is 15.1. The van der Waals surface area contributed by atoms with E-state index < -0.39 is 6.04 Å². The number of imidazole rings is 1. The molecule has 1 atom stereocenters. The maximum atomic E-state index is 13.1. The molecule has 1 amide bonds. The number of aromatic nitrogens is 2. The Hall–Kier alpha value is -2.21. The van der Waals surface area contributed by atoms with Gasteiger partial charge in [-0.2, -0.15) is 0 Å². The Kier molecular flexibility index (Phi) is 5.87. The first-order chi connectivity index (χ1) is 11.0. The lowest BCUT2D eigenvalue weighted by Gasteiger charge is -2.24. The highest BCUT2D eigenvalue weighted by Gasteiger charge is 2.23. The monoisotopic (exact) mass is 318 g/mol. The summed E-state index contributed by atoms with van der Waals surface area (Å²) in [6, 6.07) is 5.54. The number of aryl methyl sites for hydroxylation is 1. The van der Waals surface area contributed by atoms with Crippen molar-refractivity contribution < 1.29 is 9.18 Å². The molecule has 0 saturated heterocycles. The van der Waals surface area contributed by atoms with Crippen LogP contribution in [0.2, 0.25) is 0 Å². The number of nitrogens with zero attached hydrogens (tertiary/aromatic N) is 3. The molecule has 2 aromatic rings. The first-order valence-corrected chi connectivity index (χ1v) is 7.72. The maximum absolute atomic E-state index is 13.1. The molecule has 0 bridgehead atoms. The standard InChI is InChI=1S/C17H23FN4O/c1-4-10-22-11-9-19-15(22)12-20-17(23)16(21(2)3)13-5-7-14(18)8-6-13/h5-9,11,16H,4,10,12H2,1-3H3,(H,20,23). The minimum atomic E-state index is -0.467. The molecular formula is C17H23FN4O. The van der Waals surface area contributed by atoms with Gasteiger partial charge in [0.1, 0.15) is 17.7 Å². The van der Waals surface area contributed by atoms with E-state index in [0.29, 0.717) is 6.54 Å². The number of nitrogens with one attached hydrogen (secondary N) is 1. The zero-order chi connectivity index (χ0) is 16.8. The molecule has 0 spiro atoms. The normalized spacial score (nSPS) is 12.4. The first-order valence-electron chi connectivity index (χ1n) is 7.72. The van der Waals surface area contributed by atoms with E-state index in [1.54, 1.807) is 23.2 Å². The Morgan fingerprint density at radius 3 is 2.65 bits per heavy atom. The van der Waals surface area contributed by atoms with Crippen LogP contribution in [-0.2, 0) is 17.9 Å². The van der Waals surface area contributed by atoms with Crippen LogP contribution < -0.4 is 5.32 Å². The van der Waals surface area contributed by atoms with Crippen molar-refractivity contribution in [2.45, 2.75) is 32.5 Å². The molecule has 124 valence electrons. The lowest BCUT2D eigenvalue weighted by Crippen LogP contribution is -2.37. The lowest BCUT2D eigenvalue weighted by molar-refractivity contribution is -0.126. The Morgan fingerprint density at radius 1 is 1.35 bits per heavy atom. The lowest BCUT2D eigenvalue weighted by atomic mass is 10.1. The fourth-order valence-electron chi connectivity index (χ4n) is 2.54. The Labute approximate surface area is 136 Å². The molecule has 0 aliphatic heterocycles. The molecule has 0 aliphatic carbocycles. The Balaban J connectivity index is 2.07. The quantitative estimate of drug-likeness (QED) is 0.852. The number of rotatable bonds is 7. The molecule has 1 heterocycles. The number of carbonyl (C=O) groups is 1. The van der Waals surface area contributed by atoms with Crippen molar-refractivity contribution in [1.29, 1.82) is 0 Å². The van der Waals surface area contributed by atoms with Gasteiger partial charge in [-0.3, -0.25) is 9.69 Å². The molecule has 0 fully saturated rings. The number of hydrogen-bond acceptors (Lipinski definition) is 3. The second-order valence-electron chi connectivity index (χ2n) is 5.67. The predicted molar refractivity (Wildman–Crippen MR) is 87.2 cm³/mol. The third-order valence-corrected chi connectivity index (χ3v) is 3.64. The number of carbonyl (C=O) groups excluding carboxylic acids is 1. The molecule has 2 rings (SSSR count). The number of benzene rings is 1. The van der Waals surface area contributed by atoms with Gasteiger partial charge in [-0.25, -0.2) is 9.37 Å². The van der Waals surface area contributed by atoms with Gasteiger partial charge in [0.15, 0.2) is 0 Å². The van der Waals surface area contributed by atoms with Crippen LogP contribution in [0.4, 0.5) is 4.39 Å². The highest BCUT2D eigenvalue weighted by atomic mass is 19.1. The number of hydrogen-bond donors (Lipinski definition) is 1. The van der Waals surface area contributed by atoms with Crippen molar-refractivity contribution in [2.24, 2.45) is 0 Å². The third kappa shape index (κ3) is 4.39. The molecule has 0 radical (unpaired) electrons. The van der Waals surface area contributed by atoms with Gasteiger partial charge in [0.05, 0.1) is 6.54 Å². The second kappa shape index (κ2) is 7.87. The molecule has 0 saturated carbocycles. The summed E-state index contributed by atoms with van der Waals surface area (Å²) in [5.74, 6) is 0.387. The van der Waals surface area contributed by atoms with Crippen molar-refractivity contribution in [2.75, 3.05) is 14.1 Å². The van der Waals surface area contributed by atoms with E-state index >= 15 is 0 Å². The van der Waals surface area contributed by atoms with Crippen molar-refractivity contribution in [1.82, 2.24) is 19.8 Å². The van der Waals surface area contributed by atoms with Gasteiger partial charge >= 0.3 is 0 Å². The molecule has 6 heteroatoms. The van der Waals surface area contributed by atoms with Gasteiger partial charge in [0, 0.05) is 18.9 Å². The first kappa shape index (κ1) is 17.1. The van der Waals surface area contributed by atoms with Gasteiger partial charge in [-0.05, 0) is 38.2 Å². The van der Waals surface area contributed by atoms with Gasteiger partial charge in [-0.15, -0.1) is 0 Å². The van der Waals surface area contributed by atoms with Crippen LogP contribution in [-0.4, -0.2) is 34.5 Å². The van der Waals surface area contributed by atoms with Crippen LogP contribution in [0.5, 0.6) is 0 Å². The van der Waals surface area contributed by atoms with E-state index in [0.717, 1.165) is 24.4 Å². The minimum absolute atomic E-state index is 0.132. The van der Waals surface area contributed by atoms with Crippen LogP contribution in [0.3, 0.4) is 0 Å². The third-order valence-electron chi connectivity index (χ3n) is 3.64. The number of halogens is 1. The molecule has 5 nitrogen and oxygen atoms in total. The van der Waals surface area contributed by atoms with E-state index in [1.165, 1.54) is 12.1 Å². The second-order valence-corrected chi connectivity index (χ2v) is 5.67. The largest absolute Gasteiger partial charge is 0.347 e. The molecule has 1 unspecified atom stereocenters. The summed E-state index contributed by atoms with van der Waals surface area (Å²) in [6.45, 7) is 3.34. The van der Waals surface area contributed by atoms with Crippen LogP contribution in [0.25, 0.3) is 0 Å². The topological polar surface area (TPSA) is 50.2 Å². The smallest absolute Gasteiger partial charge is 0.242 e. The van der Waals surface area contributed by atoms with Crippen LogP contribution in [0, 0.1) is 5.82 Å². The SMILES string of the molecule is CCCn1ccnc1CNC(=O)C(c1ccc(F)cc1)N(C)C. The van der Waals surface area contributed by atoms with E-state index in [9.17, 15) is 9.18 Å². The Bertz CT molecular complexity index is 636. The maximum Gasteiger partial charge on any atom is 0.242 e. The molecule has 1 N–H and O–H groups in total.